The SMILES string of the molecule is CC(C)N(CCCl)C(=O)c1cc(Cl)ccc1I. The molecule has 2 nitrogen and oxygen atoms in total. The Morgan fingerprint density at radius 2 is 2.12 bits per heavy atom. The number of amides is 1. The Balaban J connectivity index is 3.04. The molecule has 0 aliphatic carbocycles. The number of halogens is 3. The van der Waals surface area contributed by atoms with E-state index in [1.807, 2.05) is 19.9 Å². The summed E-state index contributed by atoms with van der Waals surface area (Å²) in [6.45, 7) is 4.49. The highest BCUT2D eigenvalue weighted by Gasteiger charge is 2.20. The van der Waals surface area contributed by atoms with Crippen LogP contribution in [0.5, 0.6) is 0 Å². The van der Waals surface area contributed by atoms with Gasteiger partial charge < -0.3 is 4.90 Å². The Hall–Kier alpha value is -0.000000000000000111. The molecule has 0 N–H and O–H groups in total. The van der Waals surface area contributed by atoms with Gasteiger partial charge in [-0.2, -0.15) is 0 Å². The van der Waals surface area contributed by atoms with Gasteiger partial charge in [-0.1, -0.05) is 11.6 Å². The highest BCUT2D eigenvalue weighted by Crippen LogP contribution is 2.20. The molecule has 0 aliphatic rings. The minimum atomic E-state index is -0.0208. The van der Waals surface area contributed by atoms with Crippen molar-refractivity contribution in [1.29, 1.82) is 0 Å². The van der Waals surface area contributed by atoms with E-state index in [4.69, 9.17) is 23.2 Å². The molecule has 1 aromatic rings. The maximum atomic E-state index is 12.4. The second-order valence-electron chi connectivity index (χ2n) is 3.91. The fourth-order valence-corrected chi connectivity index (χ4v) is 2.42. The Morgan fingerprint density at radius 1 is 1.47 bits per heavy atom. The van der Waals surface area contributed by atoms with Gasteiger partial charge in [0.1, 0.15) is 0 Å². The number of carbonyl (C=O) groups is 1. The Morgan fingerprint density at radius 3 is 2.65 bits per heavy atom. The van der Waals surface area contributed by atoms with Gasteiger partial charge in [-0.3, -0.25) is 4.79 Å². The Labute approximate surface area is 125 Å². The molecule has 0 aromatic heterocycles. The predicted molar refractivity (Wildman–Crippen MR) is 81.1 cm³/mol. The monoisotopic (exact) mass is 385 g/mol. The molecule has 0 spiro atoms. The summed E-state index contributed by atoms with van der Waals surface area (Å²) in [5, 5.41) is 0.573. The molecule has 1 rings (SSSR count). The second kappa shape index (κ2) is 6.81. The van der Waals surface area contributed by atoms with Crippen LogP contribution in [0.25, 0.3) is 0 Å². The molecule has 1 amide bonds. The average Bonchev–Trinajstić information content (AvgIpc) is 2.28. The first-order valence-electron chi connectivity index (χ1n) is 5.29. The highest BCUT2D eigenvalue weighted by atomic mass is 127. The second-order valence-corrected chi connectivity index (χ2v) is 5.88. The van der Waals surface area contributed by atoms with E-state index in [2.05, 4.69) is 22.6 Å². The van der Waals surface area contributed by atoms with E-state index in [9.17, 15) is 4.79 Å². The molecule has 0 saturated heterocycles. The van der Waals surface area contributed by atoms with Crippen LogP contribution in [0.15, 0.2) is 18.2 Å². The molecule has 1 aromatic carbocycles. The summed E-state index contributed by atoms with van der Waals surface area (Å²) in [5.74, 6) is 0.411. The Kier molecular flexibility index (Phi) is 6.03. The molecule has 17 heavy (non-hydrogen) atoms. The molecule has 0 bridgehead atoms. The standard InChI is InChI=1S/C12H14Cl2INO/c1-8(2)16(6-5-13)12(17)10-7-9(14)3-4-11(10)15/h3-4,7-8H,5-6H2,1-2H3. The number of benzene rings is 1. The van der Waals surface area contributed by atoms with E-state index < -0.39 is 0 Å². The minimum absolute atomic E-state index is 0.0208. The van der Waals surface area contributed by atoms with Gasteiger partial charge in [0.25, 0.3) is 5.91 Å². The minimum Gasteiger partial charge on any atom is -0.335 e. The lowest BCUT2D eigenvalue weighted by Crippen LogP contribution is -2.38. The van der Waals surface area contributed by atoms with Crippen molar-refractivity contribution in [3.8, 4) is 0 Å². The molecule has 5 heteroatoms. The van der Waals surface area contributed by atoms with Crippen molar-refractivity contribution in [3.63, 3.8) is 0 Å². The lowest BCUT2D eigenvalue weighted by atomic mass is 10.1. The molecule has 0 unspecified atom stereocenters. The number of carbonyl (C=O) groups excluding carboxylic acids is 1. The summed E-state index contributed by atoms with van der Waals surface area (Å²) in [5.41, 5.74) is 0.636. The van der Waals surface area contributed by atoms with Crippen molar-refractivity contribution in [2.45, 2.75) is 19.9 Å². The van der Waals surface area contributed by atoms with Crippen molar-refractivity contribution in [1.82, 2.24) is 4.90 Å². The van der Waals surface area contributed by atoms with E-state index in [1.165, 1.54) is 0 Å². The summed E-state index contributed by atoms with van der Waals surface area (Å²) in [7, 11) is 0. The number of hydrogen-bond donors (Lipinski definition) is 0. The van der Waals surface area contributed by atoms with Crippen molar-refractivity contribution < 1.29 is 4.79 Å². The van der Waals surface area contributed by atoms with Gasteiger partial charge in [-0.15, -0.1) is 11.6 Å². The number of alkyl halides is 1. The number of nitrogens with zero attached hydrogens (tertiary/aromatic N) is 1. The fourth-order valence-electron chi connectivity index (χ4n) is 1.50. The number of rotatable bonds is 4. The van der Waals surface area contributed by atoms with Gasteiger partial charge >= 0.3 is 0 Å². The van der Waals surface area contributed by atoms with Crippen molar-refractivity contribution >= 4 is 51.7 Å². The van der Waals surface area contributed by atoms with Gasteiger partial charge in [0.15, 0.2) is 0 Å². The summed E-state index contributed by atoms with van der Waals surface area (Å²) in [6.07, 6.45) is 0. The van der Waals surface area contributed by atoms with Crippen LogP contribution in [-0.4, -0.2) is 29.3 Å². The van der Waals surface area contributed by atoms with Crippen LogP contribution >= 0.6 is 45.8 Å². The predicted octanol–water partition coefficient (Wildman–Crippen LogP) is 4.03. The zero-order valence-corrected chi connectivity index (χ0v) is 13.4. The van der Waals surface area contributed by atoms with E-state index in [-0.39, 0.29) is 11.9 Å². The third-order valence-corrected chi connectivity index (χ3v) is 3.71. The molecular formula is C12H14Cl2INO. The van der Waals surface area contributed by atoms with Crippen molar-refractivity contribution in [2.75, 3.05) is 12.4 Å². The van der Waals surface area contributed by atoms with Gasteiger partial charge in [0.05, 0.1) is 5.56 Å². The summed E-state index contributed by atoms with van der Waals surface area (Å²) < 4.78 is 0.900. The maximum absolute atomic E-state index is 12.4. The van der Waals surface area contributed by atoms with Crippen LogP contribution in [0, 0.1) is 3.57 Å². The molecular weight excluding hydrogens is 372 g/mol. The quantitative estimate of drug-likeness (QED) is 0.565. The normalized spacial score (nSPS) is 10.7. The summed E-state index contributed by atoms with van der Waals surface area (Å²) >= 11 is 13.8. The first-order valence-corrected chi connectivity index (χ1v) is 7.28. The molecule has 0 heterocycles. The van der Waals surface area contributed by atoms with Gasteiger partial charge in [0, 0.05) is 27.1 Å². The smallest absolute Gasteiger partial charge is 0.255 e. The molecule has 0 aliphatic heterocycles. The van der Waals surface area contributed by atoms with Crippen molar-refractivity contribution in [2.24, 2.45) is 0 Å². The summed E-state index contributed by atoms with van der Waals surface area (Å²) in [4.78, 5) is 14.1. The third kappa shape index (κ3) is 4.00. The zero-order chi connectivity index (χ0) is 13.0. The largest absolute Gasteiger partial charge is 0.335 e. The van der Waals surface area contributed by atoms with Crippen molar-refractivity contribution in [3.05, 3.63) is 32.4 Å². The van der Waals surface area contributed by atoms with E-state index >= 15 is 0 Å². The first-order chi connectivity index (χ1) is 7.97. The molecule has 0 fully saturated rings. The van der Waals surface area contributed by atoms with E-state index in [0.29, 0.717) is 23.0 Å². The first kappa shape index (κ1) is 15.1. The Bertz CT molecular complexity index is 409. The van der Waals surface area contributed by atoms with Gasteiger partial charge in [-0.25, -0.2) is 0 Å². The highest BCUT2D eigenvalue weighted by molar-refractivity contribution is 14.1. The lowest BCUT2D eigenvalue weighted by Gasteiger charge is -2.26. The molecule has 0 atom stereocenters. The fraction of sp³-hybridized carbons (Fsp3) is 0.417. The van der Waals surface area contributed by atoms with Crippen LogP contribution in [0.1, 0.15) is 24.2 Å². The van der Waals surface area contributed by atoms with E-state index in [1.54, 1.807) is 17.0 Å². The summed E-state index contributed by atoms with van der Waals surface area (Å²) in [6, 6.07) is 5.45. The van der Waals surface area contributed by atoms with Crippen LogP contribution in [-0.2, 0) is 0 Å². The average molecular weight is 386 g/mol. The van der Waals surface area contributed by atoms with Crippen LogP contribution in [0.4, 0.5) is 0 Å². The van der Waals surface area contributed by atoms with Crippen LogP contribution in [0.3, 0.4) is 0 Å². The zero-order valence-electron chi connectivity index (χ0n) is 9.71. The topological polar surface area (TPSA) is 20.3 Å². The van der Waals surface area contributed by atoms with Crippen LogP contribution < -0.4 is 0 Å². The van der Waals surface area contributed by atoms with Gasteiger partial charge in [-0.05, 0) is 54.6 Å². The number of hydrogen-bond acceptors (Lipinski definition) is 1. The van der Waals surface area contributed by atoms with Gasteiger partial charge in [0.2, 0.25) is 0 Å². The lowest BCUT2D eigenvalue weighted by molar-refractivity contribution is 0.0717. The molecule has 94 valence electrons. The third-order valence-electron chi connectivity index (χ3n) is 2.37. The molecule has 0 radical (unpaired) electrons. The maximum Gasteiger partial charge on any atom is 0.255 e. The van der Waals surface area contributed by atoms with Crippen LogP contribution in [0.2, 0.25) is 5.02 Å². The molecule has 0 saturated carbocycles. The van der Waals surface area contributed by atoms with E-state index in [0.717, 1.165) is 3.57 Å².